The zero-order chi connectivity index (χ0) is 32.4. The lowest BCUT2D eigenvalue weighted by Crippen LogP contribution is -2.29. The number of unbranched alkanes of at least 4 members (excludes halogenated alkanes) is 2. The number of fused-ring (bicyclic) bond motifs is 1. The van der Waals surface area contributed by atoms with Crippen LogP contribution in [0.5, 0.6) is 11.5 Å². The summed E-state index contributed by atoms with van der Waals surface area (Å²) in [6.07, 6.45) is 3.72. The molecule has 1 aromatic heterocycles. The fourth-order valence-corrected chi connectivity index (χ4v) is 7.95. The van der Waals surface area contributed by atoms with Crippen LogP contribution in [0, 0.1) is 0 Å². The number of aromatic nitrogens is 2. The van der Waals surface area contributed by atoms with Crippen LogP contribution >= 0.6 is 46.3 Å². The van der Waals surface area contributed by atoms with Gasteiger partial charge in [0, 0.05) is 27.8 Å². The number of rotatable bonds is 11. The maximum atomic E-state index is 13.7. The highest BCUT2D eigenvalue weighted by Gasteiger charge is 2.48. The quantitative estimate of drug-likeness (QED) is 0.0415. The van der Waals surface area contributed by atoms with Gasteiger partial charge in [-0.3, -0.25) is 14.5 Å². The first-order valence-electron chi connectivity index (χ1n) is 15.0. The van der Waals surface area contributed by atoms with E-state index in [2.05, 4.69) is 17.1 Å². The van der Waals surface area contributed by atoms with Gasteiger partial charge in [0.15, 0.2) is 4.34 Å². The van der Waals surface area contributed by atoms with Crippen LogP contribution in [0.4, 0.5) is 5.13 Å². The molecule has 3 heterocycles. The third-order valence-corrected chi connectivity index (χ3v) is 10.5. The van der Waals surface area contributed by atoms with Crippen molar-refractivity contribution in [2.75, 3.05) is 11.5 Å². The van der Waals surface area contributed by atoms with Crippen LogP contribution in [0.25, 0.3) is 5.76 Å². The van der Waals surface area contributed by atoms with Crippen LogP contribution in [0.2, 0.25) is 10.0 Å². The van der Waals surface area contributed by atoms with Gasteiger partial charge in [0.05, 0.1) is 18.2 Å². The number of carbonyl (C=O) groups is 2. The number of ketones is 1. The minimum Gasteiger partial charge on any atom is -0.507 e. The number of nitrogens with zero attached hydrogens (tertiary/aromatic N) is 3. The van der Waals surface area contributed by atoms with E-state index in [9.17, 15) is 14.7 Å². The molecule has 0 radical (unpaired) electrons. The number of ether oxygens (including phenoxy) is 2. The van der Waals surface area contributed by atoms with Gasteiger partial charge in [0.2, 0.25) is 5.13 Å². The smallest absolute Gasteiger partial charge is 0.301 e. The summed E-state index contributed by atoms with van der Waals surface area (Å²) in [6, 6.07) is 16.9. The largest absolute Gasteiger partial charge is 0.507 e. The third kappa shape index (κ3) is 6.76. The monoisotopic (exact) mass is 695 g/mol. The molecule has 0 bridgehead atoms. The molecule has 0 aliphatic carbocycles. The molecule has 2 atom stereocenters. The van der Waals surface area contributed by atoms with E-state index in [1.54, 1.807) is 30.3 Å². The molecule has 1 fully saturated rings. The van der Waals surface area contributed by atoms with Crippen molar-refractivity contribution in [2.45, 2.75) is 61.8 Å². The van der Waals surface area contributed by atoms with Crippen LogP contribution in [-0.4, -0.2) is 39.7 Å². The van der Waals surface area contributed by atoms with E-state index in [1.807, 2.05) is 37.3 Å². The van der Waals surface area contributed by atoms with E-state index < -0.39 is 17.7 Å². The maximum absolute atomic E-state index is 13.7. The number of amides is 1. The highest BCUT2D eigenvalue weighted by Crippen LogP contribution is 2.45. The third-order valence-electron chi connectivity index (χ3n) is 7.77. The lowest BCUT2D eigenvalue weighted by molar-refractivity contribution is -0.132. The standard InChI is InChI=1S/C34H31Cl2N3O5S2/c1-3-4-5-13-43-25-8-6-7-20(16-25)29-28(30(40)21-10-12-27-23(15-21)14-19(2)44-27)31(41)32(42)39(29)33-37-38-34(46-33)45-18-22-9-11-24(35)17-26(22)36/h6-12,15-17,19,29,40H,3-5,13-14,18H2,1-2H3/b30-28+/t19-,29+/m0/s1. The predicted molar refractivity (Wildman–Crippen MR) is 182 cm³/mol. The van der Waals surface area contributed by atoms with Crippen molar-refractivity contribution in [3.05, 3.63) is 98.5 Å². The Labute approximate surface area is 285 Å². The zero-order valence-corrected chi connectivity index (χ0v) is 28.3. The number of Topliss-reactive ketones (excluding diaryl/α,β-unsaturated/α-hetero) is 1. The minimum absolute atomic E-state index is 0.0122. The summed E-state index contributed by atoms with van der Waals surface area (Å²) in [6.45, 7) is 4.64. The van der Waals surface area contributed by atoms with Crippen molar-refractivity contribution in [1.82, 2.24) is 10.2 Å². The molecule has 0 spiro atoms. The minimum atomic E-state index is -0.959. The topological polar surface area (TPSA) is 102 Å². The van der Waals surface area contributed by atoms with Crippen molar-refractivity contribution in [1.29, 1.82) is 0 Å². The number of aliphatic hydroxyl groups is 1. The summed E-state index contributed by atoms with van der Waals surface area (Å²) in [5.41, 5.74) is 2.80. The Morgan fingerprint density at radius 1 is 1.11 bits per heavy atom. The molecule has 4 aromatic rings. The number of anilines is 1. The number of thioether (sulfide) groups is 1. The molecule has 6 rings (SSSR count). The predicted octanol–water partition coefficient (Wildman–Crippen LogP) is 8.66. The Morgan fingerprint density at radius 2 is 1.96 bits per heavy atom. The highest BCUT2D eigenvalue weighted by molar-refractivity contribution is 8.00. The summed E-state index contributed by atoms with van der Waals surface area (Å²) in [5, 5.41) is 21.6. The number of hydrogen-bond acceptors (Lipinski definition) is 9. The Hall–Kier alpha value is -3.57. The van der Waals surface area contributed by atoms with Gasteiger partial charge >= 0.3 is 5.91 Å². The molecule has 1 N–H and O–H groups in total. The Bertz CT molecular complexity index is 1830. The van der Waals surface area contributed by atoms with Crippen molar-refractivity contribution in [3.63, 3.8) is 0 Å². The van der Waals surface area contributed by atoms with Crippen molar-refractivity contribution < 1.29 is 24.2 Å². The summed E-state index contributed by atoms with van der Waals surface area (Å²) >= 11 is 15.0. The molecule has 46 heavy (non-hydrogen) atoms. The van der Waals surface area contributed by atoms with E-state index in [4.69, 9.17) is 32.7 Å². The lowest BCUT2D eigenvalue weighted by Gasteiger charge is -2.23. The first-order valence-corrected chi connectivity index (χ1v) is 17.5. The van der Waals surface area contributed by atoms with Gasteiger partial charge in [-0.15, -0.1) is 10.2 Å². The summed E-state index contributed by atoms with van der Waals surface area (Å²) in [4.78, 5) is 28.8. The highest BCUT2D eigenvalue weighted by atomic mass is 35.5. The van der Waals surface area contributed by atoms with Gasteiger partial charge in [-0.25, -0.2) is 0 Å². The number of halogens is 2. The SMILES string of the molecule is CCCCCOc1cccc([C@@H]2/C(=C(\O)c3ccc4c(c3)C[C@H](C)O4)C(=O)C(=O)N2c2nnc(SCc3ccc(Cl)cc3Cl)s2)c1. The molecule has 2 aliphatic heterocycles. The summed E-state index contributed by atoms with van der Waals surface area (Å²) in [5.74, 6) is -0.0140. The second-order valence-electron chi connectivity index (χ2n) is 11.1. The number of carbonyl (C=O) groups excluding carboxylic acids is 2. The van der Waals surface area contributed by atoms with Crippen molar-refractivity contribution >= 4 is 68.9 Å². The molecular formula is C34H31Cl2N3O5S2. The van der Waals surface area contributed by atoms with Crippen molar-refractivity contribution in [3.8, 4) is 11.5 Å². The van der Waals surface area contributed by atoms with E-state index in [-0.39, 0.29) is 22.6 Å². The second kappa shape index (κ2) is 14.0. The molecule has 8 nitrogen and oxygen atoms in total. The van der Waals surface area contributed by atoms with E-state index >= 15 is 0 Å². The molecule has 3 aromatic carbocycles. The Morgan fingerprint density at radius 3 is 2.76 bits per heavy atom. The first kappa shape index (κ1) is 32.4. The molecular weight excluding hydrogens is 665 g/mol. The average molecular weight is 697 g/mol. The molecule has 238 valence electrons. The van der Waals surface area contributed by atoms with E-state index in [0.29, 0.717) is 50.0 Å². The van der Waals surface area contributed by atoms with Gasteiger partial charge in [0.1, 0.15) is 23.4 Å². The average Bonchev–Trinajstić information content (AvgIpc) is 3.73. The van der Waals surface area contributed by atoms with E-state index in [0.717, 1.165) is 36.1 Å². The Balaban J connectivity index is 1.37. The first-order chi connectivity index (χ1) is 22.2. The number of aliphatic hydroxyl groups excluding tert-OH is 1. The van der Waals surface area contributed by atoms with Crippen LogP contribution in [-0.2, 0) is 21.8 Å². The summed E-state index contributed by atoms with van der Waals surface area (Å²) in [7, 11) is 0. The lowest BCUT2D eigenvalue weighted by atomic mass is 9.94. The summed E-state index contributed by atoms with van der Waals surface area (Å²) < 4.78 is 12.4. The molecule has 1 saturated heterocycles. The van der Waals surface area contributed by atoms with Gasteiger partial charge < -0.3 is 14.6 Å². The normalized spacial score (nSPS) is 18.6. The molecule has 1 amide bonds. The van der Waals surface area contributed by atoms with Gasteiger partial charge in [0.25, 0.3) is 5.78 Å². The van der Waals surface area contributed by atoms with Crippen LogP contribution < -0.4 is 14.4 Å². The van der Waals surface area contributed by atoms with Gasteiger partial charge in [-0.2, -0.15) is 0 Å². The second-order valence-corrected chi connectivity index (χ2v) is 14.1. The van der Waals surface area contributed by atoms with Crippen LogP contribution in [0.3, 0.4) is 0 Å². The zero-order valence-electron chi connectivity index (χ0n) is 25.2. The Kier molecular flexibility index (Phi) is 9.89. The molecule has 0 unspecified atom stereocenters. The van der Waals surface area contributed by atoms with Crippen LogP contribution in [0.15, 0.2) is 70.6 Å². The fourth-order valence-electron chi connectivity index (χ4n) is 5.52. The van der Waals surface area contributed by atoms with Crippen LogP contribution in [0.1, 0.15) is 61.4 Å². The van der Waals surface area contributed by atoms with Gasteiger partial charge in [-0.05, 0) is 72.5 Å². The molecule has 0 saturated carbocycles. The fraction of sp³-hybridized carbons (Fsp3) is 0.294. The number of hydrogen-bond donors (Lipinski definition) is 1. The van der Waals surface area contributed by atoms with E-state index in [1.165, 1.54) is 28.0 Å². The van der Waals surface area contributed by atoms with Crippen molar-refractivity contribution in [2.24, 2.45) is 0 Å². The molecule has 2 aliphatic rings. The molecule has 12 heteroatoms. The van der Waals surface area contributed by atoms with Gasteiger partial charge in [-0.1, -0.05) is 84.3 Å². The maximum Gasteiger partial charge on any atom is 0.301 e. The number of benzene rings is 3.